The number of methoxy groups -OCH3 is 1. The first kappa shape index (κ1) is 20.9. The fraction of sp³-hybridized carbons (Fsp3) is 0.0870. The number of thiazole rings is 1. The van der Waals surface area contributed by atoms with E-state index in [1.807, 2.05) is 30.3 Å². The SMILES string of the molecule is COc1cccc(/C=N/NC(=O)c2ccc(CSc3nc4ccccc4s3)cc2)c1O. The van der Waals surface area contributed by atoms with Gasteiger partial charge in [-0.3, -0.25) is 4.79 Å². The molecule has 4 rings (SSSR count). The Hall–Kier alpha value is -3.36. The zero-order chi connectivity index (χ0) is 21.6. The van der Waals surface area contributed by atoms with Crippen molar-refractivity contribution in [1.29, 1.82) is 0 Å². The lowest BCUT2D eigenvalue weighted by atomic mass is 10.1. The van der Waals surface area contributed by atoms with Gasteiger partial charge in [-0.15, -0.1) is 11.3 Å². The maximum Gasteiger partial charge on any atom is 0.271 e. The fourth-order valence-electron chi connectivity index (χ4n) is 2.84. The summed E-state index contributed by atoms with van der Waals surface area (Å²) in [6.45, 7) is 0. The fourth-order valence-corrected chi connectivity index (χ4v) is 4.87. The number of thioether (sulfide) groups is 1. The molecule has 0 saturated heterocycles. The van der Waals surface area contributed by atoms with E-state index in [0.29, 0.717) is 16.9 Å². The van der Waals surface area contributed by atoms with Gasteiger partial charge in [0.2, 0.25) is 0 Å². The lowest BCUT2D eigenvalue weighted by Gasteiger charge is -2.05. The second kappa shape index (κ2) is 9.63. The van der Waals surface area contributed by atoms with Crippen LogP contribution in [0.1, 0.15) is 21.5 Å². The van der Waals surface area contributed by atoms with Crippen LogP contribution in [-0.2, 0) is 5.75 Å². The van der Waals surface area contributed by atoms with E-state index in [9.17, 15) is 9.90 Å². The van der Waals surface area contributed by atoms with Crippen molar-refractivity contribution < 1.29 is 14.6 Å². The van der Waals surface area contributed by atoms with Crippen LogP contribution >= 0.6 is 23.1 Å². The van der Waals surface area contributed by atoms with Gasteiger partial charge in [0.15, 0.2) is 15.8 Å². The largest absolute Gasteiger partial charge is 0.504 e. The van der Waals surface area contributed by atoms with Crippen LogP contribution in [0.2, 0.25) is 0 Å². The van der Waals surface area contributed by atoms with Gasteiger partial charge in [-0.25, -0.2) is 10.4 Å². The number of phenolic OH excluding ortho intramolecular Hbond substituents is 1. The second-order valence-electron chi connectivity index (χ2n) is 6.53. The predicted molar refractivity (Wildman–Crippen MR) is 125 cm³/mol. The van der Waals surface area contributed by atoms with Gasteiger partial charge < -0.3 is 9.84 Å². The van der Waals surface area contributed by atoms with Crippen LogP contribution in [0.5, 0.6) is 11.5 Å². The van der Waals surface area contributed by atoms with E-state index < -0.39 is 0 Å². The Morgan fingerprint density at radius 1 is 1.16 bits per heavy atom. The van der Waals surface area contributed by atoms with Crippen molar-refractivity contribution in [2.75, 3.05) is 7.11 Å². The van der Waals surface area contributed by atoms with Gasteiger partial charge in [0.05, 0.1) is 23.5 Å². The molecule has 0 spiro atoms. The van der Waals surface area contributed by atoms with E-state index in [-0.39, 0.29) is 11.7 Å². The van der Waals surface area contributed by atoms with Crippen molar-refractivity contribution in [3.63, 3.8) is 0 Å². The molecule has 1 aromatic heterocycles. The minimum Gasteiger partial charge on any atom is -0.504 e. The summed E-state index contributed by atoms with van der Waals surface area (Å²) in [7, 11) is 1.47. The highest BCUT2D eigenvalue weighted by atomic mass is 32.2. The number of nitrogens with zero attached hydrogens (tertiary/aromatic N) is 2. The zero-order valence-electron chi connectivity index (χ0n) is 16.6. The minimum atomic E-state index is -0.330. The van der Waals surface area contributed by atoms with Crippen LogP contribution in [0.3, 0.4) is 0 Å². The first-order chi connectivity index (χ1) is 15.1. The van der Waals surface area contributed by atoms with Crippen LogP contribution in [-0.4, -0.2) is 29.3 Å². The molecule has 0 unspecified atom stereocenters. The summed E-state index contributed by atoms with van der Waals surface area (Å²) >= 11 is 3.36. The molecule has 0 saturated carbocycles. The van der Waals surface area contributed by atoms with Crippen LogP contribution in [0, 0.1) is 0 Å². The molecule has 3 aromatic carbocycles. The van der Waals surface area contributed by atoms with E-state index in [1.165, 1.54) is 18.0 Å². The number of carbonyl (C=O) groups is 1. The molecular formula is C23H19N3O3S2. The normalized spacial score (nSPS) is 11.1. The number of ether oxygens (including phenoxy) is 1. The number of benzene rings is 3. The molecule has 1 heterocycles. The summed E-state index contributed by atoms with van der Waals surface area (Å²) in [6.07, 6.45) is 1.37. The van der Waals surface area contributed by atoms with Crippen LogP contribution in [0.4, 0.5) is 0 Å². The van der Waals surface area contributed by atoms with Crippen molar-refractivity contribution in [3.8, 4) is 11.5 Å². The van der Waals surface area contributed by atoms with E-state index in [4.69, 9.17) is 4.74 Å². The van der Waals surface area contributed by atoms with Crippen LogP contribution in [0.15, 0.2) is 76.2 Å². The highest BCUT2D eigenvalue weighted by molar-refractivity contribution is 8.00. The second-order valence-corrected chi connectivity index (χ2v) is 8.78. The van der Waals surface area contributed by atoms with Gasteiger partial charge in [0.1, 0.15) is 0 Å². The molecule has 0 atom stereocenters. The average molecular weight is 450 g/mol. The number of phenols is 1. The van der Waals surface area contributed by atoms with Gasteiger partial charge in [-0.05, 0) is 42.0 Å². The molecule has 8 heteroatoms. The quantitative estimate of drug-likeness (QED) is 0.234. The summed E-state index contributed by atoms with van der Waals surface area (Å²) in [6, 6.07) is 20.5. The van der Waals surface area contributed by atoms with Crippen molar-refractivity contribution in [1.82, 2.24) is 10.4 Å². The third-order valence-corrected chi connectivity index (χ3v) is 6.72. The first-order valence-electron chi connectivity index (χ1n) is 9.41. The van der Waals surface area contributed by atoms with Crippen molar-refractivity contribution >= 4 is 45.4 Å². The molecule has 0 bridgehead atoms. The standard InChI is InChI=1S/C23H19N3O3S2/c1-29-19-7-4-5-17(21(19)27)13-24-26-22(28)16-11-9-15(10-12-16)14-30-23-25-18-6-2-3-8-20(18)31-23/h2-13,27H,14H2,1H3,(H,26,28)/b24-13+. The number of aromatic hydroxyl groups is 1. The van der Waals surface area contributed by atoms with Gasteiger partial charge in [0, 0.05) is 16.9 Å². The summed E-state index contributed by atoms with van der Waals surface area (Å²) < 4.78 is 7.26. The molecule has 6 nitrogen and oxygen atoms in total. The van der Waals surface area contributed by atoms with E-state index in [2.05, 4.69) is 21.6 Å². The number of para-hydroxylation sites is 2. The maximum atomic E-state index is 12.3. The Balaban J connectivity index is 1.33. The monoisotopic (exact) mass is 449 g/mol. The maximum absolute atomic E-state index is 12.3. The molecule has 156 valence electrons. The number of hydrazone groups is 1. The summed E-state index contributed by atoms with van der Waals surface area (Å²) in [4.78, 5) is 16.9. The Kier molecular flexibility index (Phi) is 6.49. The molecular weight excluding hydrogens is 430 g/mol. The zero-order valence-corrected chi connectivity index (χ0v) is 18.2. The Morgan fingerprint density at radius 2 is 1.97 bits per heavy atom. The number of carbonyl (C=O) groups excluding carboxylic acids is 1. The lowest BCUT2D eigenvalue weighted by molar-refractivity contribution is 0.0955. The molecule has 31 heavy (non-hydrogen) atoms. The van der Waals surface area contributed by atoms with Crippen molar-refractivity contribution in [2.24, 2.45) is 5.10 Å². The topological polar surface area (TPSA) is 83.8 Å². The van der Waals surface area contributed by atoms with Gasteiger partial charge in [-0.1, -0.05) is 42.1 Å². The van der Waals surface area contributed by atoms with Crippen molar-refractivity contribution in [2.45, 2.75) is 10.1 Å². The number of nitrogens with one attached hydrogen (secondary N) is 1. The molecule has 0 fully saturated rings. The number of aromatic nitrogens is 1. The highest BCUT2D eigenvalue weighted by Crippen LogP contribution is 2.31. The van der Waals surface area contributed by atoms with E-state index >= 15 is 0 Å². The predicted octanol–water partition coefficient (Wildman–Crippen LogP) is 5.07. The van der Waals surface area contributed by atoms with Crippen LogP contribution < -0.4 is 10.2 Å². The van der Waals surface area contributed by atoms with Crippen molar-refractivity contribution in [3.05, 3.63) is 83.4 Å². The molecule has 0 aliphatic heterocycles. The first-order valence-corrected chi connectivity index (χ1v) is 11.2. The lowest BCUT2D eigenvalue weighted by Crippen LogP contribution is -2.17. The molecule has 1 amide bonds. The Bertz CT molecular complexity index is 1200. The number of hydrogen-bond donors (Lipinski definition) is 2. The highest BCUT2D eigenvalue weighted by Gasteiger charge is 2.08. The molecule has 0 aliphatic rings. The number of amides is 1. The number of fused-ring (bicyclic) bond motifs is 1. The Morgan fingerprint density at radius 3 is 2.74 bits per heavy atom. The van der Waals surface area contributed by atoms with Gasteiger partial charge in [0.25, 0.3) is 5.91 Å². The third kappa shape index (κ3) is 5.04. The average Bonchev–Trinajstić information content (AvgIpc) is 3.22. The molecule has 0 radical (unpaired) electrons. The molecule has 2 N–H and O–H groups in total. The minimum absolute atomic E-state index is 0.0296. The van der Waals surface area contributed by atoms with Crippen LogP contribution in [0.25, 0.3) is 10.2 Å². The molecule has 4 aromatic rings. The number of rotatable bonds is 7. The summed E-state index contributed by atoms with van der Waals surface area (Å²) in [5, 5.41) is 14.0. The summed E-state index contributed by atoms with van der Waals surface area (Å²) in [5.41, 5.74) is 5.54. The van der Waals surface area contributed by atoms with E-state index in [1.54, 1.807) is 53.4 Å². The smallest absolute Gasteiger partial charge is 0.271 e. The third-order valence-electron chi connectivity index (χ3n) is 4.47. The van der Waals surface area contributed by atoms with E-state index in [0.717, 1.165) is 21.2 Å². The summed E-state index contributed by atoms with van der Waals surface area (Å²) in [5.74, 6) is 0.756. The molecule has 0 aliphatic carbocycles. The van der Waals surface area contributed by atoms with Gasteiger partial charge in [-0.2, -0.15) is 5.10 Å². The number of hydrogen-bond acceptors (Lipinski definition) is 7. The van der Waals surface area contributed by atoms with Gasteiger partial charge >= 0.3 is 0 Å². The Labute approximate surface area is 187 Å².